The molecule has 0 aliphatic rings. The molecule has 0 aliphatic heterocycles. The van der Waals surface area contributed by atoms with Crippen molar-refractivity contribution in [1.82, 2.24) is 4.98 Å². The molecule has 1 aromatic heterocycles. The van der Waals surface area contributed by atoms with Gasteiger partial charge in [0, 0.05) is 41.7 Å². The second kappa shape index (κ2) is 8.93. The molecule has 170 valence electrons. The molecule has 0 fully saturated rings. The topological polar surface area (TPSA) is 140 Å². The van der Waals surface area contributed by atoms with Crippen molar-refractivity contribution in [1.29, 1.82) is 0 Å². The molecule has 4 N–H and O–H groups in total. The van der Waals surface area contributed by atoms with Gasteiger partial charge in [-0.2, -0.15) is 0 Å². The Morgan fingerprint density at radius 3 is 2.52 bits per heavy atom. The standard InChI is InChI=1S/C23H22N4O5S/c1-32-17-9-6-15(7-10-17)19(20-14-25-21-5-3-2-4-18(20)21)13-26-22-11-8-16(27(28)29)12-23(22)33(24,30)31/h2-12,14,19,25-26H,13H2,1H3,(H2,24,30,31). The van der Waals surface area contributed by atoms with E-state index in [4.69, 9.17) is 9.88 Å². The van der Waals surface area contributed by atoms with Crippen molar-refractivity contribution in [3.05, 3.63) is 94.2 Å². The number of aromatic amines is 1. The molecule has 9 nitrogen and oxygen atoms in total. The van der Waals surface area contributed by atoms with Gasteiger partial charge < -0.3 is 15.0 Å². The number of nitrogens with one attached hydrogen (secondary N) is 2. The highest BCUT2D eigenvalue weighted by Crippen LogP contribution is 2.33. The highest BCUT2D eigenvalue weighted by molar-refractivity contribution is 7.89. The maximum absolute atomic E-state index is 12.1. The summed E-state index contributed by atoms with van der Waals surface area (Å²) in [6.45, 7) is 0.314. The lowest BCUT2D eigenvalue weighted by Crippen LogP contribution is -2.19. The lowest BCUT2D eigenvalue weighted by atomic mass is 9.90. The summed E-state index contributed by atoms with van der Waals surface area (Å²) in [5.41, 5.74) is 2.82. The van der Waals surface area contributed by atoms with Gasteiger partial charge in [0.1, 0.15) is 10.6 Å². The number of sulfonamides is 1. The second-order valence-electron chi connectivity index (χ2n) is 7.48. The Labute approximate surface area is 190 Å². The van der Waals surface area contributed by atoms with Crippen LogP contribution in [0.15, 0.2) is 77.8 Å². The minimum atomic E-state index is -4.19. The van der Waals surface area contributed by atoms with Crippen LogP contribution in [-0.4, -0.2) is 32.0 Å². The molecule has 0 saturated heterocycles. The van der Waals surface area contributed by atoms with Crippen LogP contribution in [0, 0.1) is 10.1 Å². The minimum absolute atomic E-state index is 0.171. The van der Waals surface area contributed by atoms with Gasteiger partial charge in [-0.3, -0.25) is 10.1 Å². The van der Waals surface area contributed by atoms with Gasteiger partial charge >= 0.3 is 0 Å². The lowest BCUT2D eigenvalue weighted by molar-refractivity contribution is -0.385. The van der Waals surface area contributed by atoms with Crippen LogP contribution in [0.2, 0.25) is 0 Å². The predicted octanol–water partition coefficient (Wildman–Crippen LogP) is 3.98. The quantitative estimate of drug-likeness (QED) is 0.265. The molecule has 10 heteroatoms. The van der Waals surface area contributed by atoms with Crippen molar-refractivity contribution in [3.8, 4) is 5.75 Å². The molecule has 3 aromatic carbocycles. The Balaban J connectivity index is 1.74. The minimum Gasteiger partial charge on any atom is -0.497 e. The van der Waals surface area contributed by atoms with E-state index in [0.717, 1.165) is 33.8 Å². The number of nitrogens with zero attached hydrogens (tertiary/aromatic N) is 1. The first-order valence-electron chi connectivity index (χ1n) is 10.0. The molecule has 0 spiro atoms. The van der Waals surface area contributed by atoms with Crippen LogP contribution in [0.1, 0.15) is 17.0 Å². The molecule has 1 unspecified atom stereocenters. The fourth-order valence-corrected chi connectivity index (χ4v) is 4.58. The van der Waals surface area contributed by atoms with E-state index < -0.39 is 14.9 Å². The summed E-state index contributed by atoms with van der Waals surface area (Å²) in [6, 6.07) is 19.1. The highest BCUT2D eigenvalue weighted by atomic mass is 32.2. The fourth-order valence-electron chi connectivity index (χ4n) is 3.84. The van der Waals surface area contributed by atoms with E-state index in [-0.39, 0.29) is 22.2 Å². The number of para-hydroxylation sites is 1. The van der Waals surface area contributed by atoms with Crippen LogP contribution in [0.3, 0.4) is 0 Å². The van der Waals surface area contributed by atoms with Gasteiger partial charge in [0.25, 0.3) is 5.69 Å². The van der Waals surface area contributed by atoms with Gasteiger partial charge in [-0.25, -0.2) is 13.6 Å². The average Bonchev–Trinajstić information content (AvgIpc) is 3.23. The van der Waals surface area contributed by atoms with Gasteiger partial charge in [-0.05, 0) is 35.4 Å². The molecule has 0 amide bonds. The Morgan fingerprint density at radius 2 is 1.85 bits per heavy atom. The molecule has 0 bridgehead atoms. The summed E-state index contributed by atoms with van der Waals surface area (Å²) in [5.74, 6) is 0.548. The fraction of sp³-hybridized carbons (Fsp3) is 0.130. The zero-order chi connectivity index (χ0) is 23.6. The first-order valence-corrected chi connectivity index (χ1v) is 11.6. The third-order valence-corrected chi connectivity index (χ3v) is 6.44. The average molecular weight is 467 g/mol. The van der Waals surface area contributed by atoms with Crippen molar-refractivity contribution in [3.63, 3.8) is 0 Å². The van der Waals surface area contributed by atoms with Gasteiger partial charge in [-0.1, -0.05) is 30.3 Å². The summed E-state index contributed by atoms with van der Waals surface area (Å²) in [5, 5.41) is 20.6. The van der Waals surface area contributed by atoms with Crippen molar-refractivity contribution in [2.24, 2.45) is 5.14 Å². The van der Waals surface area contributed by atoms with Gasteiger partial charge in [0.15, 0.2) is 0 Å². The molecule has 0 radical (unpaired) electrons. The molecule has 33 heavy (non-hydrogen) atoms. The number of hydrogen-bond donors (Lipinski definition) is 3. The summed E-state index contributed by atoms with van der Waals surface area (Å²) in [4.78, 5) is 13.4. The third kappa shape index (κ3) is 4.66. The number of hydrogen-bond acceptors (Lipinski definition) is 6. The molecular weight excluding hydrogens is 444 g/mol. The SMILES string of the molecule is COc1ccc(C(CNc2ccc([N+](=O)[O-])cc2S(N)(=O)=O)c2c[nH]c3ccccc23)cc1. The van der Waals surface area contributed by atoms with Crippen LogP contribution < -0.4 is 15.2 Å². The Hall–Kier alpha value is -3.89. The molecule has 4 aromatic rings. The number of nitro groups is 1. The number of anilines is 1. The van der Waals surface area contributed by atoms with Gasteiger partial charge in [0.2, 0.25) is 10.0 Å². The van der Waals surface area contributed by atoms with Crippen molar-refractivity contribution in [2.45, 2.75) is 10.8 Å². The number of primary sulfonamides is 1. The Kier molecular flexibility index (Phi) is 6.03. The normalized spacial score (nSPS) is 12.4. The second-order valence-corrected chi connectivity index (χ2v) is 9.01. The maximum Gasteiger partial charge on any atom is 0.270 e. The number of fused-ring (bicyclic) bond motifs is 1. The van der Waals surface area contributed by atoms with Crippen LogP contribution >= 0.6 is 0 Å². The number of aromatic nitrogens is 1. The largest absolute Gasteiger partial charge is 0.497 e. The molecule has 1 atom stereocenters. The van der Waals surface area contributed by atoms with Crippen molar-refractivity contribution >= 4 is 32.3 Å². The van der Waals surface area contributed by atoms with Crippen LogP contribution in [0.25, 0.3) is 10.9 Å². The molecular formula is C23H22N4O5S. The summed E-state index contributed by atoms with van der Waals surface area (Å²) < 4.78 is 29.5. The first kappa shape index (κ1) is 22.3. The highest BCUT2D eigenvalue weighted by Gasteiger charge is 2.22. The van der Waals surface area contributed by atoms with E-state index in [2.05, 4.69) is 10.3 Å². The molecule has 0 aliphatic carbocycles. The Bertz CT molecular complexity index is 1410. The molecule has 0 saturated carbocycles. The smallest absolute Gasteiger partial charge is 0.270 e. The number of nitro benzene ring substituents is 1. The lowest BCUT2D eigenvalue weighted by Gasteiger charge is -2.20. The zero-order valence-corrected chi connectivity index (χ0v) is 18.5. The Morgan fingerprint density at radius 1 is 1.12 bits per heavy atom. The van der Waals surface area contributed by atoms with Crippen LogP contribution in [-0.2, 0) is 10.0 Å². The van der Waals surface area contributed by atoms with Crippen molar-refractivity contribution < 1.29 is 18.1 Å². The van der Waals surface area contributed by atoms with Gasteiger partial charge in [0.05, 0.1) is 17.7 Å². The number of nitrogens with two attached hydrogens (primary N) is 1. The molecule has 1 heterocycles. The van der Waals surface area contributed by atoms with E-state index in [9.17, 15) is 18.5 Å². The number of benzene rings is 3. The van der Waals surface area contributed by atoms with E-state index in [1.165, 1.54) is 12.1 Å². The van der Waals surface area contributed by atoms with E-state index in [1.807, 2.05) is 54.7 Å². The van der Waals surface area contributed by atoms with Crippen LogP contribution in [0.4, 0.5) is 11.4 Å². The van der Waals surface area contributed by atoms with Crippen molar-refractivity contribution in [2.75, 3.05) is 19.0 Å². The van der Waals surface area contributed by atoms with Crippen LogP contribution in [0.5, 0.6) is 5.75 Å². The number of ether oxygens (including phenoxy) is 1. The monoisotopic (exact) mass is 466 g/mol. The number of H-pyrrole nitrogens is 1. The number of rotatable bonds is 8. The first-order chi connectivity index (χ1) is 15.8. The van der Waals surface area contributed by atoms with E-state index in [0.29, 0.717) is 6.54 Å². The summed E-state index contributed by atoms with van der Waals surface area (Å²) in [7, 11) is -2.59. The maximum atomic E-state index is 12.1. The number of non-ortho nitro benzene ring substituents is 1. The summed E-state index contributed by atoms with van der Waals surface area (Å²) >= 11 is 0. The number of methoxy groups -OCH3 is 1. The summed E-state index contributed by atoms with van der Waals surface area (Å²) in [6.07, 6.45) is 1.93. The molecule has 4 rings (SSSR count). The third-order valence-electron chi connectivity index (χ3n) is 5.49. The van der Waals surface area contributed by atoms with E-state index >= 15 is 0 Å². The van der Waals surface area contributed by atoms with E-state index in [1.54, 1.807) is 7.11 Å². The zero-order valence-electron chi connectivity index (χ0n) is 17.7. The predicted molar refractivity (Wildman–Crippen MR) is 126 cm³/mol. The van der Waals surface area contributed by atoms with Gasteiger partial charge in [-0.15, -0.1) is 0 Å².